The number of thioether (sulfide) groups is 1. The van der Waals surface area contributed by atoms with Crippen LogP contribution in [0.5, 0.6) is 0 Å². The van der Waals surface area contributed by atoms with Crippen molar-refractivity contribution in [2.24, 2.45) is 4.99 Å². The smallest absolute Gasteiger partial charge is 0.433 e. The van der Waals surface area contributed by atoms with E-state index in [1.54, 1.807) is 31.2 Å². The van der Waals surface area contributed by atoms with Gasteiger partial charge in [0.2, 0.25) is 0 Å². The third-order valence-electron chi connectivity index (χ3n) is 3.33. The van der Waals surface area contributed by atoms with Gasteiger partial charge in [-0.3, -0.25) is 14.9 Å². The molecule has 0 atom stereocenters. The predicted octanol–water partition coefficient (Wildman–Crippen LogP) is 3.26. The molecule has 1 amide bonds. The average Bonchev–Trinajstić information content (AvgIpc) is 3.23. The number of carbonyl (C=O) groups is 2. The summed E-state index contributed by atoms with van der Waals surface area (Å²) in [6.07, 6.45) is 1.40. The fraction of sp³-hybridized carbons (Fsp3) is 0.118. The maximum Gasteiger partial charge on any atom is 0.433 e. The molecule has 138 valence electrons. The summed E-state index contributed by atoms with van der Waals surface area (Å²) in [6.45, 7) is 2.02. The topological polar surface area (TPSA) is 124 Å². The summed E-state index contributed by atoms with van der Waals surface area (Å²) >= 11 is 1.07. The minimum Gasteiger partial charge on any atom is -0.462 e. The number of carbonyl (C=O) groups excluding carboxylic acids is 2. The zero-order valence-corrected chi connectivity index (χ0v) is 14.8. The fourth-order valence-corrected chi connectivity index (χ4v) is 2.95. The summed E-state index contributed by atoms with van der Waals surface area (Å²) in [7, 11) is 0. The lowest BCUT2D eigenvalue weighted by Gasteiger charge is -2.02. The van der Waals surface area contributed by atoms with Crippen LogP contribution in [0, 0.1) is 10.1 Å². The second-order valence-corrected chi connectivity index (χ2v) is 6.21. The molecule has 1 aliphatic rings. The Morgan fingerprint density at radius 1 is 1.33 bits per heavy atom. The molecule has 2 aromatic rings. The van der Waals surface area contributed by atoms with Crippen LogP contribution in [0.1, 0.15) is 23.0 Å². The third-order valence-corrected chi connectivity index (χ3v) is 4.24. The molecule has 1 N–H and O–H groups in total. The summed E-state index contributed by atoms with van der Waals surface area (Å²) in [5, 5.41) is 13.6. The normalized spacial score (nSPS) is 16.6. The van der Waals surface area contributed by atoms with E-state index < -0.39 is 16.8 Å². The number of nitrogens with one attached hydrogen (secondary N) is 1. The lowest BCUT2D eigenvalue weighted by molar-refractivity contribution is -0.402. The summed E-state index contributed by atoms with van der Waals surface area (Å²) in [5.74, 6) is -1.01. The number of amidine groups is 1. The molecule has 1 saturated heterocycles. The van der Waals surface area contributed by atoms with E-state index in [0.717, 1.165) is 11.8 Å². The van der Waals surface area contributed by atoms with E-state index in [1.807, 2.05) is 0 Å². The van der Waals surface area contributed by atoms with Gasteiger partial charge in [0.25, 0.3) is 5.91 Å². The maximum absolute atomic E-state index is 12.0. The average molecular weight is 387 g/mol. The monoisotopic (exact) mass is 387 g/mol. The summed E-state index contributed by atoms with van der Waals surface area (Å²) in [6, 6.07) is 9.04. The summed E-state index contributed by atoms with van der Waals surface area (Å²) in [5.41, 5.74) is 0.949. The zero-order chi connectivity index (χ0) is 19.4. The van der Waals surface area contributed by atoms with Crippen molar-refractivity contribution in [3.8, 4) is 0 Å². The van der Waals surface area contributed by atoms with E-state index >= 15 is 0 Å². The van der Waals surface area contributed by atoms with E-state index in [-0.39, 0.29) is 11.7 Å². The quantitative estimate of drug-likeness (QED) is 0.361. The first-order chi connectivity index (χ1) is 13.0. The fourth-order valence-electron chi connectivity index (χ4n) is 2.13. The number of hydrogen-bond donors (Lipinski definition) is 1. The Balaban J connectivity index is 1.73. The van der Waals surface area contributed by atoms with Gasteiger partial charge in [0.05, 0.1) is 28.8 Å². The van der Waals surface area contributed by atoms with Crippen molar-refractivity contribution in [2.75, 3.05) is 6.61 Å². The molecule has 1 fully saturated rings. The number of rotatable bonds is 5. The van der Waals surface area contributed by atoms with Crippen LogP contribution < -0.4 is 5.32 Å². The Kier molecular flexibility index (Phi) is 5.36. The molecule has 0 radical (unpaired) electrons. The van der Waals surface area contributed by atoms with E-state index in [4.69, 9.17) is 9.15 Å². The van der Waals surface area contributed by atoms with E-state index in [2.05, 4.69) is 10.3 Å². The van der Waals surface area contributed by atoms with Gasteiger partial charge in [0.15, 0.2) is 5.17 Å². The van der Waals surface area contributed by atoms with Gasteiger partial charge >= 0.3 is 11.9 Å². The number of nitrogens with zero attached hydrogens (tertiary/aromatic N) is 2. The molecular weight excluding hydrogens is 374 g/mol. The predicted molar refractivity (Wildman–Crippen MR) is 98.6 cm³/mol. The molecule has 9 nitrogen and oxygen atoms in total. The van der Waals surface area contributed by atoms with Crippen LogP contribution >= 0.6 is 11.8 Å². The number of benzene rings is 1. The van der Waals surface area contributed by atoms with Crippen molar-refractivity contribution in [1.29, 1.82) is 0 Å². The number of ether oxygens (including phenoxy) is 1. The van der Waals surface area contributed by atoms with Gasteiger partial charge in [-0.2, -0.15) is 0 Å². The van der Waals surface area contributed by atoms with Crippen LogP contribution in [-0.4, -0.2) is 28.6 Å². The highest BCUT2D eigenvalue weighted by atomic mass is 32.2. The molecule has 27 heavy (non-hydrogen) atoms. The van der Waals surface area contributed by atoms with Gasteiger partial charge in [-0.05, 0) is 49.0 Å². The minimum absolute atomic E-state index is 0.194. The first-order valence-electron chi connectivity index (χ1n) is 7.77. The van der Waals surface area contributed by atoms with Crippen molar-refractivity contribution in [2.45, 2.75) is 6.92 Å². The van der Waals surface area contributed by atoms with Crippen molar-refractivity contribution in [3.63, 3.8) is 0 Å². The van der Waals surface area contributed by atoms with Gasteiger partial charge in [0, 0.05) is 6.08 Å². The molecule has 0 unspecified atom stereocenters. The Morgan fingerprint density at radius 2 is 2.07 bits per heavy atom. The second kappa shape index (κ2) is 7.87. The number of hydrogen-bond acceptors (Lipinski definition) is 8. The molecule has 0 aliphatic carbocycles. The van der Waals surface area contributed by atoms with Crippen LogP contribution in [-0.2, 0) is 9.53 Å². The van der Waals surface area contributed by atoms with Gasteiger partial charge < -0.3 is 14.5 Å². The summed E-state index contributed by atoms with van der Waals surface area (Å²) < 4.78 is 9.92. The number of aliphatic imine (C=N–C) groups is 1. The number of amides is 1. The molecular formula is C17H13N3O6S. The van der Waals surface area contributed by atoms with Crippen LogP contribution in [0.2, 0.25) is 0 Å². The number of furan rings is 1. The van der Waals surface area contributed by atoms with Crippen molar-refractivity contribution in [1.82, 2.24) is 5.32 Å². The molecule has 0 spiro atoms. The molecule has 1 aliphatic heterocycles. The number of esters is 1. The second-order valence-electron chi connectivity index (χ2n) is 5.18. The lowest BCUT2D eigenvalue weighted by Crippen LogP contribution is -2.19. The van der Waals surface area contributed by atoms with Gasteiger partial charge in [-0.15, -0.1) is 0 Å². The Hall–Kier alpha value is -3.40. The van der Waals surface area contributed by atoms with Crippen LogP contribution in [0.3, 0.4) is 0 Å². The SMILES string of the molecule is CCOC(=O)c1ccc(N=C2NC(=O)C(=Cc3ccc([N+](=O)[O-])o3)S2)cc1. The van der Waals surface area contributed by atoms with Crippen LogP contribution in [0.4, 0.5) is 11.6 Å². The van der Waals surface area contributed by atoms with E-state index in [9.17, 15) is 19.7 Å². The van der Waals surface area contributed by atoms with E-state index in [0.29, 0.717) is 27.9 Å². The van der Waals surface area contributed by atoms with Crippen molar-refractivity contribution < 1.29 is 23.7 Å². The highest BCUT2D eigenvalue weighted by Crippen LogP contribution is 2.29. The molecule has 3 rings (SSSR count). The first kappa shape index (κ1) is 18.4. The highest BCUT2D eigenvalue weighted by molar-refractivity contribution is 8.18. The summed E-state index contributed by atoms with van der Waals surface area (Å²) in [4.78, 5) is 38.2. The Morgan fingerprint density at radius 3 is 2.70 bits per heavy atom. The molecule has 0 bridgehead atoms. The van der Waals surface area contributed by atoms with E-state index in [1.165, 1.54) is 18.2 Å². The highest BCUT2D eigenvalue weighted by Gasteiger charge is 2.25. The third kappa shape index (κ3) is 4.42. The van der Waals surface area contributed by atoms with Crippen molar-refractivity contribution >= 4 is 46.5 Å². The Labute approximate surface area is 157 Å². The largest absolute Gasteiger partial charge is 0.462 e. The van der Waals surface area contributed by atoms with Crippen LogP contribution in [0.15, 0.2) is 50.7 Å². The molecule has 1 aromatic heterocycles. The molecule has 1 aromatic carbocycles. The maximum atomic E-state index is 12.0. The molecule has 2 heterocycles. The van der Waals surface area contributed by atoms with Gasteiger partial charge in [-0.1, -0.05) is 0 Å². The standard InChI is InChI=1S/C17H13N3O6S/c1-2-25-16(22)10-3-5-11(6-4-10)18-17-19-15(21)13(27-17)9-12-7-8-14(26-12)20(23)24/h3-9H,2H2,1H3,(H,18,19,21). The lowest BCUT2D eigenvalue weighted by atomic mass is 10.2. The van der Waals surface area contributed by atoms with Gasteiger partial charge in [0.1, 0.15) is 10.7 Å². The number of nitro groups is 1. The molecule has 0 saturated carbocycles. The molecule has 10 heteroatoms. The van der Waals surface area contributed by atoms with Crippen molar-refractivity contribution in [3.05, 3.63) is 62.7 Å². The minimum atomic E-state index is -0.656. The Bertz CT molecular complexity index is 961. The first-order valence-corrected chi connectivity index (χ1v) is 8.59. The van der Waals surface area contributed by atoms with Crippen LogP contribution in [0.25, 0.3) is 6.08 Å². The zero-order valence-electron chi connectivity index (χ0n) is 14.0. The van der Waals surface area contributed by atoms with Gasteiger partial charge in [-0.25, -0.2) is 9.79 Å².